The number of benzene rings is 2. The van der Waals surface area contributed by atoms with Gasteiger partial charge >= 0.3 is 13.3 Å². The maximum absolute atomic E-state index is 13.1. The van der Waals surface area contributed by atoms with E-state index < -0.39 is 19.0 Å². The fourth-order valence-corrected chi connectivity index (χ4v) is 5.17. The molecular weight excluding hydrogens is 379 g/mol. The molecule has 0 saturated heterocycles. The Kier molecular flexibility index (Phi) is 6.65. The molecule has 0 aromatic heterocycles. The number of rotatable bonds is 5. The van der Waals surface area contributed by atoms with E-state index in [0.29, 0.717) is 11.1 Å². The number of hydrogen-bond acceptors (Lipinski definition) is 3. The highest BCUT2D eigenvalue weighted by Crippen LogP contribution is 2.38. The molecule has 2 rings (SSSR count). The molecule has 29 heavy (non-hydrogen) atoms. The topological polar surface area (TPSA) is 51.2 Å². The van der Waals surface area contributed by atoms with Crippen LogP contribution in [0.25, 0.3) is 0 Å². The summed E-state index contributed by atoms with van der Waals surface area (Å²) in [5.74, 6) is -0.226. The fraction of sp³-hybridized carbons (Fsp3) is 0.440. The normalized spacial score (nSPS) is 13.2. The Morgan fingerprint density at radius 1 is 0.793 bits per heavy atom. The van der Waals surface area contributed by atoms with E-state index in [9.17, 15) is 14.2 Å². The fourth-order valence-electron chi connectivity index (χ4n) is 3.90. The minimum Gasteiger partial charge on any atom is -0.289 e. The molecule has 2 aromatic rings. The van der Waals surface area contributed by atoms with E-state index in [1.807, 2.05) is 58.9 Å². The first-order valence-electron chi connectivity index (χ1n) is 10.00. The monoisotopic (exact) mass is 411 g/mol. The molecule has 0 aliphatic heterocycles. The van der Waals surface area contributed by atoms with Crippen molar-refractivity contribution in [2.75, 3.05) is 0 Å². The summed E-state index contributed by atoms with van der Waals surface area (Å²) < 4.78 is 13.1. The van der Waals surface area contributed by atoms with Gasteiger partial charge in [0.05, 0.1) is 5.56 Å². The number of carbonyl (C=O) groups is 2. The van der Waals surface area contributed by atoms with Gasteiger partial charge in [0.25, 0.3) is 0 Å². The van der Waals surface area contributed by atoms with Crippen LogP contribution < -0.4 is 0 Å². The lowest BCUT2D eigenvalue weighted by atomic mass is 9.84. The zero-order valence-electron chi connectivity index (χ0n) is 19.1. The van der Waals surface area contributed by atoms with Crippen LogP contribution >= 0.6 is 7.80 Å². The third-order valence-corrected chi connectivity index (χ3v) is 7.03. The third-order valence-electron chi connectivity index (χ3n) is 5.47. The smallest absolute Gasteiger partial charge is 0.289 e. The Morgan fingerprint density at radius 2 is 1.21 bits per heavy atom. The number of carbonyl (C=O) groups excluding carboxylic acids is 2. The zero-order valence-corrected chi connectivity index (χ0v) is 20.0. The number of ketones is 1. The molecule has 0 N–H and O–H groups in total. The Labute approximate surface area is 175 Å². The summed E-state index contributed by atoms with van der Waals surface area (Å²) in [6, 6.07) is 7.87. The highest BCUT2D eigenvalue weighted by atomic mass is 31.1. The van der Waals surface area contributed by atoms with E-state index in [1.165, 1.54) is 0 Å². The first-order valence-corrected chi connectivity index (χ1v) is 11.3. The third kappa shape index (κ3) is 4.73. The molecule has 0 bridgehead atoms. The van der Waals surface area contributed by atoms with Gasteiger partial charge in [0.1, 0.15) is 0 Å². The summed E-state index contributed by atoms with van der Waals surface area (Å²) in [7, 11) is -2.38. The molecule has 0 amide bonds. The summed E-state index contributed by atoms with van der Waals surface area (Å²) in [6.07, 6.45) is 0. The van der Waals surface area contributed by atoms with Crippen LogP contribution in [-0.4, -0.2) is 17.0 Å². The minimum absolute atomic E-state index is 0.0386. The van der Waals surface area contributed by atoms with E-state index >= 15 is 0 Å². The lowest BCUT2D eigenvalue weighted by Gasteiger charge is -2.21. The van der Waals surface area contributed by atoms with Crippen LogP contribution in [-0.2, 0) is 9.98 Å². The maximum Gasteiger partial charge on any atom is 0.431 e. The van der Waals surface area contributed by atoms with Gasteiger partial charge in [-0.15, -0.1) is 0 Å². The molecule has 2 atom stereocenters. The summed E-state index contributed by atoms with van der Waals surface area (Å²) in [5, 5.41) is 0. The molecular formula is C25H32O3P+. The van der Waals surface area contributed by atoms with Crippen LogP contribution in [0.1, 0.15) is 81.8 Å². The molecule has 2 aromatic carbocycles. The molecule has 4 heteroatoms. The van der Waals surface area contributed by atoms with Gasteiger partial charge in [-0.2, -0.15) is 0 Å². The summed E-state index contributed by atoms with van der Waals surface area (Å²) in [5.41, 5.74) is 5.28. The first-order chi connectivity index (χ1) is 13.3. The second kappa shape index (κ2) is 8.32. The van der Waals surface area contributed by atoms with Gasteiger partial charge in [-0.1, -0.05) is 55.2 Å². The highest BCUT2D eigenvalue weighted by Gasteiger charge is 2.43. The van der Waals surface area contributed by atoms with Crippen LogP contribution in [0.3, 0.4) is 0 Å². The zero-order chi connectivity index (χ0) is 22.3. The number of Topliss-reactive ketones (excluding diaryl/α,β-unsaturated/α-hetero) is 1. The SMILES string of the molecule is Cc1cc(C)c(C(=O)C(C)[P+](=O)C(=O)c2c(C)cc(C(C)(C)C)cc2C)c(C)c1. The standard InChI is InChI=1S/C25H32O3P/c1-14-10-15(2)21(16(3)11-14)23(26)19(6)29(28)24(27)22-17(4)12-20(13-18(22)5)25(7,8)9/h10-13,19H,1-9H3/q+1. The van der Waals surface area contributed by atoms with Crippen LogP contribution in [0.4, 0.5) is 0 Å². The van der Waals surface area contributed by atoms with Crippen molar-refractivity contribution in [2.45, 2.75) is 73.4 Å². The Hall–Kier alpha value is -2.12. The molecule has 0 radical (unpaired) electrons. The minimum atomic E-state index is -2.38. The van der Waals surface area contributed by atoms with Crippen molar-refractivity contribution in [1.82, 2.24) is 0 Å². The second-order valence-corrected chi connectivity index (χ2v) is 11.0. The van der Waals surface area contributed by atoms with Crippen molar-refractivity contribution in [3.63, 3.8) is 0 Å². The van der Waals surface area contributed by atoms with Crippen LogP contribution in [0.15, 0.2) is 24.3 Å². The molecule has 0 fully saturated rings. The molecule has 0 heterocycles. The van der Waals surface area contributed by atoms with Gasteiger partial charge < -0.3 is 0 Å². The Balaban J connectivity index is 2.40. The summed E-state index contributed by atoms with van der Waals surface area (Å²) in [6.45, 7) is 17.5. The average molecular weight is 412 g/mol. The number of aryl methyl sites for hydroxylation is 5. The van der Waals surface area contributed by atoms with E-state index in [1.54, 1.807) is 6.92 Å². The van der Waals surface area contributed by atoms with E-state index in [-0.39, 0.29) is 11.2 Å². The van der Waals surface area contributed by atoms with Crippen molar-refractivity contribution in [3.8, 4) is 0 Å². The van der Waals surface area contributed by atoms with Crippen molar-refractivity contribution in [2.24, 2.45) is 0 Å². The van der Waals surface area contributed by atoms with Crippen molar-refractivity contribution < 1.29 is 14.2 Å². The van der Waals surface area contributed by atoms with Crippen LogP contribution in [0.5, 0.6) is 0 Å². The molecule has 0 aliphatic rings. The van der Waals surface area contributed by atoms with Crippen LogP contribution in [0, 0.1) is 34.6 Å². The van der Waals surface area contributed by atoms with Gasteiger partial charge in [-0.25, -0.2) is 4.79 Å². The summed E-state index contributed by atoms with van der Waals surface area (Å²) >= 11 is 0. The quantitative estimate of drug-likeness (QED) is 0.403. The summed E-state index contributed by atoms with van der Waals surface area (Å²) in [4.78, 5) is 26.2. The predicted octanol–water partition coefficient (Wildman–Crippen LogP) is 6.77. The predicted molar refractivity (Wildman–Crippen MR) is 121 cm³/mol. The van der Waals surface area contributed by atoms with Gasteiger partial charge in [0.2, 0.25) is 11.4 Å². The highest BCUT2D eigenvalue weighted by molar-refractivity contribution is 7.66. The Bertz CT molecular complexity index is 963. The largest absolute Gasteiger partial charge is 0.431 e. The van der Waals surface area contributed by atoms with Gasteiger partial charge in [-0.3, -0.25) is 4.79 Å². The lowest BCUT2D eigenvalue weighted by molar-refractivity contribution is 0.0981. The van der Waals surface area contributed by atoms with Crippen molar-refractivity contribution >= 4 is 19.1 Å². The first kappa shape index (κ1) is 23.2. The van der Waals surface area contributed by atoms with Crippen molar-refractivity contribution in [3.05, 3.63) is 68.8 Å². The molecule has 0 spiro atoms. The van der Waals surface area contributed by atoms with E-state index in [2.05, 4.69) is 20.8 Å². The van der Waals surface area contributed by atoms with Gasteiger partial charge in [0.15, 0.2) is 0 Å². The number of hydrogen-bond donors (Lipinski definition) is 0. The maximum atomic E-state index is 13.1. The lowest BCUT2D eigenvalue weighted by Crippen LogP contribution is -2.19. The van der Waals surface area contributed by atoms with Gasteiger partial charge in [0, 0.05) is 5.56 Å². The van der Waals surface area contributed by atoms with Crippen LogP contribution in [0.2, 0.25) is 0 Å². The van der Waals surface area contributed by atoms with E-state index in [4.69, 9.17) is 0 Å². The molecule has 0 saturated carbocycles. The average Bonchev–Trinajstić information content (AvgIpc) is 2.57. The van der Waals surface area contributed by atoms with Gasteiger partial charge in [-0.05, 0) is 74.8 Å². The molecule has 0 aliphatic carbocycles. The molecule has 3 nitrogen and oxygen atoms in total. The Morgan fingerprint density at radius 3 is 1.62 bits per heavy atom. The molecule has 2 unspecified atom stereocenters. The second-order valence-electron chi connectivity index (χ2n) is 9.18. The van der Waals surface area contributed by atoms with E-state index in [0.717, 1.165) is 33.4 Å². The van der Waals surface area contributed by atoms with Crippen molar-refractivity contribution in [1.29, 1.82) is 0 Å². The molecule has 154 valence electrons.